The lowest BCUT2D eigenvalue weighted by atomic mass is 10.1. The predicted octanol–water partition coefficient (Wildman–Crippen LogP) is 6.01. The molecule has 0 saturated heterocycles. The summed E-state index contributed by atoms with van der Waals surface area (Å²) in [5, 5.41) is 2.01. The lowest BCUT2D eigenvalue weighted by Crippen LogP contribution is -1.74. The summed E-state index contributed by atoms with van der Waals surface area (Å²) < 4.78 is 29.0. The fraction of sp³-hybridized carbons (Fsp3) is 0. The van der Waals surface area contributed by atoms with Gasteiger partial charge in [-0.1, -0.05) is 12.1 Å². The third-order valence-electron chi connectivity index (χ3n) is 3.61. The van der Waals surface area contributed by atoms with E-state index >= 15 is 0 Å². The Kier molecular flexibility index (Phi) is 2.76. The maximum atomic E-state index is 13.6. The van der Waals surface area contributed by atoms with Crippen molar-refractivity contribution in [3.63, 3.8) is 0 Å². The maximum absolute atomic E-state index is 13.6. The first-order valence-corrected chi connectivity index (χ1v) is 7.85. The van der Waals surface area contributed by atoms with Crippen LogP contribution in [-0.4, -0.2) is 0 Å². The molecule has 3 heteroatoms. The molecule has 0 nitrogen and oxygen atoms in total. The summed E-state index contributed by atoms with van der Waals surface area (Å²) in [7, 11) is -0.290. The van der Waals surface area contributed by atoms with Gasteiger partial charge in [0.25, 0.3) is 0 Å². The monoisotopic (exact) mass is 297 g/mol. The molecule has 1 heterocycles. The van der Waals surface area contributed by atoms with Crippen molar-refractivity contribution in [1.29, 1.82) is 0 Å². The Morgan fingerprint density at radius 2 is 1.29 bits per heavy atom. The number of hydrogen-bond acceptors (Lipinski definition) is 0. The average molecular weight is 297 g/mol. The molecule has 1 unspecified atom stereocenters. The largest absolute Gasteiger partial charge is 0.207 e. The zero-order chi connectivity index (χ0) is 14.4. The molecule has 0 aliphatic carbocycles. The second-order valence-corrected chi connectivity index (χ2v) is 6.86. The van der Waals surface area contributed by atoms with Crippen molar-refractivity contribution in [3.8, 4) is 4.90 Å². The molecule has 21 heavy (non-hydrogen) atoms. The van der Waals surface area contributed by atoms with Crippen molar-refractivity contribution in [2.45, 2.75) is 0 Å². The Bertz CT molecular complexity index is 952. The van der Waals surface area contributed by atoms with Crippen LogP contribution in [0.1, 0.15) is 0 Å². The molecule has 0 saturated carbocycles. The molecular weight excluding hydrogens is 286 g/mol. The van der Waals surface area contributed by atoms with Crippen molar-refractivity contribution < 1.29 is 8.78 Å². The molecule has 4 aromatic rings. The summed E-state index contributed by atoms with van der Waals surface area (Å²) in [6, 6.07) is 19.6. The third-order valence-corrected chi connectivity index (χ3v) is 5.94. The third kappa shape index (κ3) is 1.93. The van der Waals surface area contributed by atoms with Gasteiger partial charge in [-0.25, -0.2) is 8.78 Å². The van der Waals surface area contributed by atoms with Gasteiger partial charge >= 0.3 is 0 Å². The van der Waals surface area contributed by atoms with Gasteiger partial charge in [0.05, 0.1) is 5.39 Å². The van der Waals surface area contributed by atoms with Crippen LogP contribution in [0, 0.1) is 11.6 Å². The van der Waals surface area contributed by atoms with E-state index in [0.717, 1.165) is 20.4 Å². The van der Waals surface area contributed by atoms with Crippen LogP contribution in [0.3, 0.4) is 0 Å². The number of fused-ring (bicyclic) bond motifs is 3. The Labute approximate surface area is 123 Å². The van der Waals surface area contributed by atoms with Crippen LogP contribution in [0.4, 0.5) is 8.78 Å². The highest BCUT2D eigenvalue weighted by molar-refractivity contribution is 7.50. The first kappa shape index (κ1) is 12.5. The van der Waals surface area contributed by atoms with Gasteiger partial charge in [-0.15, -0.1) is 0 Å². The van der Waals surface area contributed by atoms with E-state index in [0.29, 0.717) is 0 Å². The SMILES string of the molecule is Fc1ccc(-[s+]2c3ccccc3c3cc(F)ccc32)cc1. The van der Waals surface area contributed by atoms with Crippen molar-refractivity contribution in [1.82, 2.24) is 0 Å². The number of rotatable bonds is 1. The van der Waals surface area contributed by atoms with Gasteiger partial charge in [-0.05, 0) is 36.4 Å². The van der Waals surface area contributed by atoms with Crippen LogP contribution >= 0.6 is 10.5 Å². The van der Waals surface area contributed by atoms with E-state index in [4.69, 9.17) is 0 Å². The summed E-state index contributed by atoms with van der Waals surface area (Å²) in [5.41, 5.74) is 0. The topological polar surface area (TPSA) is 0 Å². The molecule has 0 radical (unpaired) electrons. The minimum atomic E-state index is -0.290. The molecule has 0 spiro atoms. The van der Waals surface area contributed by atoms with E-state index in [2.05, 4.69) is 6.07 Å². The van der Waals surface area contributed by atoms with Crippen LogP contribution in [-0.2, 0) is 0 Å². The Morgan fingerprint density at radius 3 is 2.10 bits per heavy atom. The van der Waals surface area contributed by atoms with Gasteiger partial charge in [-0.2, -0.15) is 0 Å². The quantitative estimate of drug-likeness (QED) is 0.377. The van der Waals surface area contributed by atoms with Crippen molar-refractivity contribution in [3.05, 3.63) is 78.4 Å². The van der Waals surface area contributed by atoms with Crippen LogP contribution in [0.5, 0.6) is 0 Å². The minimum Gasteiger partial charge on any atom is -0.207 e. The van der Waals surface area contributed by atoms with E-state index < -0.39 is 0 Å². The van der Waals surface area contributed by atoms with Crippen molar-refractivity contribution in [2.24, 2.45) is 0 Å². The van der Waals surface area contributed by atoms with Gasteiger partial charge in [0.15, 0.2) is 14.3 Å². The summed E-state index contributed by atoms with van der Waals surface area (Å²) >= 11 is 0. The van der Waals surface area contributed by atoms with Crippen molar-refractivity contribution >= 4 is 30.6 Å². The second kappa shape index (κ2) is 4.64. The van der Waals surface area contributed by atoms with Gasteiger partial charge in [-0.3, -0.25) is 0 Å². The average Bonchev–Trinajstić information content (AvgIpc) is 2.82. The molecule has 3 aromatic carbocycles. The van der Waals surface area contributed by atoms with E-state index in [1.807, 2.05) is 36.4 Å². The molecule has 102 valence electrons. The fourth-order valence-electron chi connectivity index (χ4n) is 2.70. The standard InChI is InChI=1S/C18H11F2S/c19-12-5-8-14(9-6-12)21-17-4-2-1-3-15(17)16-11-13(20)7-10-18(16)21/h1-11H/q+1. The highest BCUT2D eigenvalue weighted by atomic mass is 32.2. The first-order chi connectivity index (χ1) is 10.2. The van der Waals surface area contributed by atoms with Gasteiger partial charge in [0.1, 0.15) is 11.6 Å². The van der Waals surface area contributed by atoms with Crippen LogP contribution in [0.25, 0.3) is 25.1 Å². The predicted molar refractivity (Wildman–Crippen MR) is 85.2 cm³/mol. The minimum absolute atomic E-state index is 0.229. The summed E-state index contributed by atoms with van der Waals surface area (Å²) in [4.78, 5) is 1.05. The Hall–Kier alpha value is -2.26. The lowest BCUT2D eigenvalue weighted by molar-refractivity contribution is 0.628. The summed E-state index contributed by atoms with van der Waals surface area (Å²) in [6.45, 7) is 0. The Balaban J connectivity index is 2.17. The molecule has 0 N–H and O–H groups in total. The van der Waals surface area contributed by atoms with Crippen molar-refractivity contribution in [2.75, 3.05) is 0 Å². The highest BCUT2D eigenvalue weighted by Crippen LogP contribution is 2.48. The molecule has 1 atom stereocenters. The van der Waals surface area contributed by atoms with E-state index in [1.165, 1.54) is 22.9 Å². The summed E-state index contributed by atoms with van der Waals surface area (Å²) in [5.74, 6) is -0.470. The van der Waals surface area contributed by atoms with Gasteiger partial charge in [0, 0.05) is 34.1 Å². The molecule has 0 amide bonds. The Morgan fingerprint density at radius 1 is 0.619 bits per heavy atom. The zero-order valence-electron chi connectivity index (χ0n) is 11.0. The van der Waals surface area contributed by atoms with E-state index in [9.17, 15) is 8.78 Å². The van der Waals surface area contributed by atoms with Crippen LogP contribution in [0.2, 0.25) is 0 Å². The molecule has 0 aliphatic heterocycles. The smallest absolute Gasteiger partial charge is 0.187 e. The number of thiophene rings is 1. The maximum Gasteiger partial charge on any atom is 0.187 e. The van der Waals surface area contributed by atoms with E-state index in [-0.39, 0.29) is 22.1 Å². The lowest BCUT2D eigenvalue weighted by Gasteiger charge is -1.93. The number of benzene rings is 3. The first-order valence-electron chi connectivity index (χ1n) is 6.63. The fourth-order valence-corrected chi connectivity index (χ4v) is 5.06. The number of halogens is 2. The molecule has 0 bridgehead atoms. The highest BCUT2D eigenvalue weighted by Gasteiger charge is 2.23. The van der Waals surface area contributed by atoms with E-state index in [1.54, 1.807) is 6.07 Å². The van der Waals surface area contributed by atoms with Gasteiger partial charge in [0.2, 0.25) is 0 Å². The van der Waals surface area contributed by atoms with Crippen LogP contribution < -0.4 is 0 Å². The van der Waals surface area contributed by atoms with Gasteiger partial charge < -0.3 is 0 Å². The number of hydrogen-bond donors (Lipinski definition) is 0. The molecule has 0 aliphatic rings. The van der Waals surface area contributed by atoms with Crippen LogP contribution in [0.15, 0.2) is 66.7 Å². The molecular formula is C18H11F2S+. The normalized spacial score (nSPS) is 12.2. The summed E-state index contributed by atoms with van der Waals surface area (Å²) in [6.07, 6.45) is 0. The molecule has 4 rings (SSSR count). The molecule has 0 fully saturated rings. The zero-order valence-corrected chi connectivity index (χ0v) is 11.8. The second-order valence-electron chi connectivity index (χ2n) is 4.90. The molecule has 1 aromatic heterocycles.